The van der Waals surface area contributed by atoms with Gasteiger partial charge in [0.05, 0.1) is 0 Å². The summed E-state index contributed by atoms with van der Waals surface area (Å²) < 4.78 is 0. The van der Waals surface area contributed by atoms with E-state index in [-0.39, 0.29) is 16.4 Å². The summed E-state index contributed by atoms with van der Waals surface area (Å²) in [6.45, 7) is 0. The standard InChI is InChI=1S/C12H23P.3H2O/c1-3-7-11(8-4-1)13-12-9-5-2-6-10-12;;;/h11-13H,1-10H2;3*1H2. The molecular weight excluding hydrogens is 223 g/mol. The van der Waals surface area contributed by atoms with Crippen LogP contribution >= 0.6 is 8.58 Å². The normalized spacial score (nSPS) is 22.5. The number of rotatable bonds is 2. The van der Waals surface area contributed by atoms with Gasteiger partial charge in [0, 0.05) is 0 Å². The Hall–Kier alpha value is 0.310. The van der Waals surface area contributed by atoms with Crippen LogP contribution in [0.1, 0.15) is 64.2 Å². The molecule has 0 heterocycles. The molecule has 0 aromatic carbocycles. The van der Waals surface area contributed by atoms with Gasteiger partial charge in [0.15, 0.2) is 0 Å². The molecule has 0 spiro atoms. The third-order valence-corrected chi connectivity index (χ3v) is 5.78. The molecule has 2 fully saturated rings. The van der Waals surface area contributed by atoms with Crippen molar-refractivity contribution >= 4 is 8.58 Å². The zero-order valence-electron chi connectivity index (χ0n) is 10.2. The van der Waals surface area contributed by atoms with Crippen LogP contribution < -0.4 is 0 Å². The minimum Gasteiger partial charge on any atom is -0.412 e. The van der Waals surface area contributed by atoms with Crippen LogP contribution in [-0.2, 0) is 0 Å². The van der Waals surface area contributed by atoms with E-state index in [0.29, 0.717) is 0 Å². The Bertz CT molecular complexity index is 127. The quantitative estimate of drug-likeness (QED) is 0.671. The van der Waals surface area contributed by atoms with E-state index in [1.54, 1.807) is 25.7 Å². The second-order valence-corrected chi connectivity index (χ2v) is 6.80. The van der Waals surface area contributed by atoms with Gasteiger partial charge in [0.25, 0.3) is 0 Å². The average molecular weight is 252 g/mol. The van der Waals surface area contributed by atoms with Crippen LogP contribution in [0.4, 0.5) is 0 Å². The molecule has 16 heavy (non-hydrogen) atoms. The van der Waals surface area contributed by atoms with Crippen molar-refractivity contribution < 1.29 is 16.4 Å². The molecular formula is C12H29O3P. The maximum Gasteiger partial charge on any atom is -0.0234 e. The predicted octanol–water partition coefficient (Wildman–Crippen LogP) is 1.86. The fourth-order valence-electron chi connectivity index (χ4n) is 2.87. The first-order valence-electron chi connectivity index (χ1n) is 6.21. The molecule has 0 saturated heterocycles. The first-order chi connectivity index (χ1) is 6.45. The monoisotopic (exact) mass is 252 g/mol. The maximum absolute atomic E-state index is 1.56. The molecule has 0 aromatic heterocycles. The molecule has 6 N–H and O–H groups in total. The van der Waals surface area contributed by atoms with Crippen LogP contribution in [0.5, 0.6) is 0 Å². The molecule has 2 aliphatic carbocycles. The highest BCUT2D eigenvalue weighted by Gasteiger charge is 2.20. The number of hydrogen-bond acceptors (Lipinski definition) is 0. The SMILES string of the molecule is C1CCC(PC2CCCCC2)CC1.O.O.O. The van der Waals surface area contributed by atoms with Gasteiger partial charge >= 0.3 is 0 Å². The van der Waals surface area contributed by atoms with Gasteiger partial charge in [0.2, 0.25) is 0 Å². The van der Waals surface area contributed by atoms with Crippen molar-refractivity contribution in [3.63, 3.8) is 0 Å². The van der Waals surface area contributed by atoms with Crippen LogP contribution in [-0.4, -0.2) is 27.7 Å². The molecule has 0 bridgehead atoms. The first kappa shape index (κ1) is 18.7. The zero-order chi connectivity index (χ0) is 8.93. The summed E-state index contributed by atoms with van der Waals surface area (Å²) in [4.78, 5) is 0. The molecule has 2 rings (SSSR count). The zero-order valence-corrected chi connectivity index (χ0v) is 11.2. The van der Waals surface area contributed by atoms with Crippen molar-refractivity contribution in [2.24, 2.45) is 0 Å². The van der Waals surface area contributed by atoms with Crippen molar-refractivity contribution in [2.75, 3.05) is 0 Å². The summed E-state index contributed by atoms with van der Waals surface area (Å²) in [7, 11) is 1.33. The van der Waals surface area contributed by atoms with E-state index in [2.05, 4.69) is 0 Å². The molecule has 0 radical (unpaired) electrons. The van der Waals surface area contributed by atoms with Crippen LogP contribution in [0, 0.1) is 0 Å². The fourth-order valence-corrected chi connectivity index (χ4v) is 5.02. The minimum atomic E-state index is 0. The topological polar surface area (TPSA) is 94.5 Å². The van der Waals surface area contributed by atoms with Crippen molar-refractivity contribution in [1.29, 1.82) is 0 Å². The third kappa shape index (κ3) is 6.15. The minimum absolute atomic E-state index is 0. The van der Waals surface area contributed by atoms with Gasteiger partial charge in [-0.25, -0.2) is 0 Å². The predicted molar refractivity (Wildman–Crippen MR) is 72.9 cm³/mol. The Morgan fingerprint density at radius 3 is 1.12 bits per heavy atom. The van der Waals surface area contributed by atoms with Crippen LogP contribution in [0.2, 0.25) is 0 Å². The summed E-state index contributed by atoms with van der Waals surface area (Å²) in [6, 6.07) is 0. The first-order valence-corrected chi connectivity index (χ1v) is 7.37. The third-order valence-electron chi connectivity index (χ3n) is 3.68. The van der Waals surface area contributed by atoms with Gasteiger partial charge in [0.1, 0.15) is 0 Å². The van der Waals surface area contributed by atoms with E-state index in [1.165, 1.54) is 47.1 Å². The maximum atomic E-state index is 1.56. The van der Waals surface area contributed by atoms with Gasteiger partial charge in [-0.2, -0.15) is 0 Å². The molecule has 0 atom stereocenters. The smallest absolute Gasteiger partial charge is 0.0234 e. The van der Waals surface area contributed by atoms with Gasteiger partial charge in [-0.15, -0.1) is 8.58 Å². The fraction of sp³-hybridized carbons (Fsp3) is 1.00. The molecule has 0 aliphatic heterocycles. The van der Waals surface area contributed by atoms with Crippen LogP contribution in [0.25, 0.3) is 0 Å². The summed E-state index contributed by atoms with van der Waals surface area (Å²) in [5, 5.41) is 0. The summed E-state index contributed by atoms with van der Waals surface area (Å²) >= 11 is 0. The molecule has 0 unspecified atom stereocenters. The second-order valence-electron chi connectivity index (χ2n) is 4.84. The Kier molecular flexibility index (Phi) is 12.2. The van der Waals surface area contributed by atoms with Crippen molar-refractivity contribution in [2.45, 2.75) is 75.5 Å². The molecule has 2 aliphatic rings. The Balaban J connectivity index is 0. The highest BCUT2D eigenvalue weighted by molar-refractivity contribution is 7.39. The Morgan fingerprint density at radius 2 is 0.812 bits per heavy atom. The molecule has 0 amide bonds. The van der Waals surface area contributed by atoms with Gasteiger partial charge in [-0.05, 0) is 37.0 Å². The van der Waals surface area contributed by atoms with Gasteiger partial charge in [-0.1, -0.05) is 38.5 Å². The van der Waals surface area contributed by atoms with Gasteiger partial charge < -0.3 is 16.4 Å². The molecule has 2 saturated carbocycles. The lowest BCUT2D eigenvalue weighted by Crippen LogP contribution is -2.14. The van der Waals surface area contributed by atoms with Crippen molar-refractivity contribution in [3.05, 3.63) is 0 Å². The van der Waals surface area contributed by atoms with E-state index in [1.807, 2.05) is 0 Å². The summed E-state index contributed by atoms with van der Waals surface area (Å²) in [5.41, 5.74) is 2.30. The Morgan fingerprint density at radius 1 is 0.500 bits per heavy atom. The lowest BCUT2D eigenvalue weighted by atomic mass is 10.00. The van der Waals surface area contributed by atoms with E-state index in [0.717, 1.165) is 11.3 Å². The van der Waals surface area contributed by atoms with Gasteiger partial charge in [-0.3, -0.25) is 0 Å². The van der Waals surface area contributed by atoms with Crippen LogP contribution in [0.15, 0.2) is 0 Å². The van der Waals surface area contributed by atoms with E-state index >= 15 is 0 Å². The molecule has 100 valence electrons. The second kappa shape index (κ2) is 10.5. The highest BCUT2D eigenvalue weighted by Crippen LogP contribution is 2.41. The average Bonchev–Trinajstić information content (AvgIpc) is 2.21. The summed E-state index contributed by atoms with van der Waals surface area (Å²) in [6.07, 6.45) is 15.4. The molecule has 3 nitrogen and oxygen atoms in total. The lowest BCUT2D eigenvalue weighted by Gasteiger charge is -2.28. The molecule has 0 aromatic rings. The van der Waals surface area contributed by atoms with Crippen molar-refractivity contribution in [1.82, 2.24) is 0 Å². The lowest BCUT2D eigenvalue weighted by molar-refractivity contribution is 0.490. The van der Waals surface area contributed by atoms with E-state index < -0.39 is 0 Å². The summed E-state index contributed by atoms with van der Waals surface area (Å²) in [5.74, 6) is 0. The van der Waals surface area contributed by atoms with E-state index in [9.17, 15) is 0 Å². The Labute approximate surface area is 101 Å². The van der Waals surface area contributed by atoms with Crippen LogP contribution in [0.3, 0.4) is 0 Å². The van der Waals surface area contributed by atoms with Crippen molar-refractivity contribution in [3.8, 4) is 0 Å². The highest BCUT2D eigenvalue weighted by atomic mass is 31.1. The number of hydrogen-bond donors (Lipinski definition) is 0. The largest absolute Gasteiger partial charge is 0.412 e. The van der Waals surface area contributed by atoms with E-state index in [4.69, 9.17) is 0 Å². The molecule has 4 heteroatoms.